The number of amides is 2. The second-order valence-corrected chi connectivity index (χ2v) is 11.8. The first-order chi connectivity index (χ1) is 16.2. The summed E-state index contributed by atoms with van der Waals surface area (Å²) >= 11 is 1.13. The summed E-state index contributed by atoms with van der Waals surface area (Å²) < 4.78 is 0. The summed E-state index contributed by atoms with van der Waals surface area (Å²) in [4.78, 5) is 37.7. The molecule has 1 fully saturated rings. The largest absolute Gasteiger partial charge is 0.388 e. The Bertz CT molecular complexity index is 1090. The van der Waals surface area contributed by atoms with E-state index in [4.69, 9.17) is 0 Å². The van der Waals surface area contributed by atoms with Crippen LogP contribution in [0, 0.1) is 6.92 Å². The van der Waals surface area contributed by atoms with Gasteiger partial charge in [0.2, 0.25) is 0 Å². The number of pyridine rings is 1. The predicted octanol–water partition coefficient (Wildman–Crippen LogP) is 3.21. The smallest absolute Gasteiger partial charge is 0.280 e. The van der Waals surface area contributed by atoms with E-state index in [1.807, 2.05) is 19.9 Å². The quantitative estimate of drug-likeness (QED) is 0.457. The van der Waals surface area contributed by atoms with Crippen LogP contribution in [0.5, 0.6) is 0 Å². The van der Waals surface area contributed by atoms with Crippen LogP contribution in [0.25, 0.3) is 10.4 Å². The van der Waals surface area contributed by atoms with Crippen molar-refractivity contribution in [2.75, 3.05) is 18.4 Å². The van der Waals surface area contributed by atoms with E-state index >= 15 is 0 Å². The van der Waals surface area contributed by atoms with Crippen molar-refractivity contribution in [1.29, 1.82) is 0 Å². The number of rotatable bonds is 7. The minimum Gasteiger partial charge on any atom is -0.388 e. The van der Waals surface area contributed by atoms with Gasteiger partial charge >= 0.3 is 0 Å². The Morgan fingerprint density at radius 3 is 2.51 bits per heavy atom. The van der Waals surface area contributed by atoms with E-state index in [0.717, 1.165) is 41.1 Å². The lowest BCUT2D eigenvalue weighted by Gasteiger charge is -2.24. The molecule has 35 heavy (non-hydrogen) atoms. The molecular formula is C25H37N5O4S. The van der Waals surface area contributed by atoms with Crippen molar-refractivity contribution in [3.8, 4) is 10.4 Å². The van der Waals surface area contributed by atoms with Gasteiger partial charge in [-0.2, -0.15) is 0 Å². The SMILES string of the molecule is Cc1cc(NC(C)(C)C)ncc1-c1sc(C(=O)NC[C@@H](O)C(C)(C)O)nc1C(=O)N1CCC[C@@H]1C. The highest BCUT2D eigenvalue weighted by molar-refractivity contribution is 7.17. The van der Waals surface area contributed by atoms with E-state index in [0.29, 0.717) is 11.4 Å². The molecule has 0 unspecified atom stereocenters. The molecule has 10 heteroatoms. The Balaban J connectivity index is 1.97. The molecular weight excluding hydrogens is 466 g/mol. The molecule has 2 aromatic heterocycles. The number of nitrogens with zero attached hydrogens (tertiary/aromatic N) is 3. The Morgan fingerprint density at radius 2 is 1.97 bits per heavy atom. The first-order valence-corrected chi connectivity index (χ1v) is 12.7. The van der Waals surface area contributed by atoms with Gasteiger partial charge in [-0.3, -0.25) is 9.59 Å². The Labute approximate surface area is 211 Å². The number of hydrogen-bond acceptors (Lipinski definition) is 8. The molecule has 2 aromatic rings. The zero-order chi connectivity index (χ0) is 26.1. The number of carbonyl (C=O) groups excluding carboxylic acids is 2. The fourth-order valence-corrected chi connectivity index (χ4v) is 4.93. The molecule has 0 bridgehead atoms. The first kappa shape index (κ1) is 27.0. The third-order valence-electron chi connectivity index (χ3n) is 5.97. The van der Waals surface area contributed by atoms with Crippen molar-refractivity contribution in [3.63, 3.8) is 0 Å². The van der Waals surface area contributed by atoms with Crippen LogP contribution < -0.4 is 10.6 Å². The van der Waals surface area contributed by atoms with E-state index in [1.165, 1.54) is 13.8 Å². The fourth-order valence-electron chi connectivity index (χ4n) is 3.88. The summed E-state index contributed by atoms with van der Waals surface area (Å²) in [6.45, 7) is 13.6. The molecule has 3 heterocycles. The van der Waals surface area contributed by atoms with Crippen molar-refractivity contribution < 1.29 is 19.8 Å². The van der Waals surface area contributed by atoms with Gasteiger partial charge in [-0.25, -0.2) is 9.97 Å². The van der Waals surface area contributed by atoms with Gasteiger partial charge in [0.1, 0.15) is 11.5 Å². The topological polar surface area (TPSA) is 128 Å². The van der Waals surface area contributed by atoms with Crippen LogP contribution in [0.3, 0.4) is 0 Å². The minimum absolute atomic E-state index is 0.105. The van der Waals surface area contributed by atoms with Crippen LogP contribution in [0.1, 0.15) is 80.2 Å². The van der Waals surface area contributed by atoms with Crippen LogP contribution in [0.15, 0.2) is 12.3 Å². The zero-order valence-corrected chi connectivity index (χ0v) is 22.4. The van der Waals surface area contributed by atoms with Crippen LogP contribution in [-0.2, 0) is 0 Å². The fraction of sp³-hybridized carbons (Fsp3) is 0.600. The molecule has 2 amide bonds. The van der Waals surface area contributed by atoms with Crippen molar-refractivity contribution in [3.05, 3.63) is 28.5 Å². The predicted molar refractivity (Wildman–Crippen MR) is 138 cm³/mol. The van der Waals surface area contributed by atoms with Gasteiger partial charge in [0.15, 0.2) is 5.01 Å². The number of nitrogens with one attached hydrogen (secondary N) is 2. The Kier molecular flexibility index (Phi) is 7.88. The Hall–Kier alpha value is -2.56. The first-order valence-electron chi connectivity index (χ1n) is 11.9. The average Bonchev–Trinajstić information content (AvgIpc) is 3.36. The molecule has 0 aliphatic carbocycles. The third kappa shape index (κ3) is 6.56. The van der Waals surface area contributed by atoms with Gasteiger partial charge < -0.3 is 25.7 Å². The van der Waals surface area contributed by atoms with Crippen LogP contribution in [0.4, 0.5) is 5.82 Å². The second-order valence-electron chi connectivity index (χ2n) is 10.8. The number of thiazole rings is 1. The number of aromatic nitrogens is 2. The summed E-state index contributed by atoms with van der Waals surface area (Å²) in [6.07, 6.45) is 2.43. The molecule has 4 N–H and O–H groups in total. The van der Waals surface area contributed by atoms with E-state index in [9.17, 15) is 19.8 Å². The van der Waals surface area contributed by atoms with Gasteiger partial charge in [0, 0.05) is 36.4 Å². The van der Waals surface area contributed by atoms with Crippen molar-refractivity contribution >= 4 is 29.0 Å². The highest BCUT2D eigenvalue weighted by atomic mass is 32.1. The maximum Gasteiger partial charge on any atom is 0.280 e. The summed E-state index contributed by atoms with van der Waals surface area (Å²) in [6, 6.07) is 2.03. The number of likely N-dealkylation sites (tertiary alicyclic amines) is 1. The lowest BCUT2D eigenvalue weighted by molar-refractivity contribution is -0.0453. The molecule has 0 spiro atoms. The molecule has 1 aliphatic heterocycles. The van der Waals surface area contributed by atoms with E-state index in [2.05, 4.69) is 41.4 Å². The minimum atomic E-state index is -1.36. The third-order valence-corrected chi connectivity index (χ3v) is 7.06. The maximum atomic E-state index is 13.5. The lowest BCUT2D eigenvalue weighted by Crippen LogP contribution is -2.44. The molecule has 2 atom stereocenters. The van der Waals surface area contributed by atoms with Gasteiger partial charge in [0.25, 0.3) is 11.8 Å². The van der Waals surface area contributed by atoms with Crippen LogP contribution in [-0.4, -0.2) is 73.3 Å². The van der Waals surface area contributed by atoms with Crippen molar-refractivity contribution in [1.82, 2.24) is 20.2 Å². The standard InChI is InChI=1S/C25H37N5O4S/c1-14-11-18(29-24(3,4)5)26-12-16(14)20-19(23(33)30-10-8-9-15(30)2)28-22(35-20)21(32)27-13-17(31)25(6,7)34/h11-12,15,17,31,34H,8-10,13H2,1-7H3,(H,26,29)(H,27,32)/t15-,17+/m0/s1. The molecule has 1 aliphatic rings. The number of aryl methyl sites for hydroxylation is 1. The normalized spacial score (nSPS) is 17.4. The molecule has 1 saturated heterocycles. The monoisotopic (exact) mass is 503 g/mol. The highest BCUT2D eigenvalue weighted by Crippen LogP contribution is 2.35. The maximum absolute atomic E-state index is 13.5. The molecule has 0 saturated carbocycles. The summed E-state index contributed by atoms with van der Waals surface area (Å²) in [5.74, 6) is 0.0145. The molecule has 0 radical (unpaired) electrons. The summed E-state index contributed by atoms with van der Waals surface area (Å²) in [5.41, 5.74) is 0.367. The average molecular weight is 504 g/mol. The number of anilines is 1. The van der Waals surface area contributed by atoms with E-state index < -0.39 is 17.6 Å². The van der Waals surface area contributed by atoms with E-state index in [-0.39, 0.29) is 34.7 Å². The van der Waals surface area contributed by atoms with Crippen LogP contribution >= 0.6 is 11.3 Å². The van der Waals surface area contributed by atoms with Crippen molar-refractivity contribution in [2.24, 2.45) is 0 Å². The van der Waals surface area contributed by atoms with Gasteiger partial charge in [0.05, 0.1) is 16.6 Å². The summed E-state index contributed by atoms with van der Waals surface area (Å²) in [5, 5.41) is 26.1. The lowest BCUT2D eigenvalue weighted by atomic mass is 10.0. The molecule has 9 nitrogen and oxygen atoms in total. The Morgan fingerprint density at radius 1 is 1.29 bits per heavy atom. The molecule has 3 rings (SSSR count). The molecule has 192 valence electrons. The highest BCUT2D eigenvalue weighted by Gasteiger charge is 2.32. The number of aliphatic hydroxyl groups excluding tert-OH is 1. The molecule has 0 aromatic carbocycles. The van der Waals surface area contributed by atoms with Gasteiger partial charge in [-0.1, -0.05) is 0 Å². The second kappa shape index (κ2) is 10.2. The van der Waals surface area contributed by atoms with Crippen molar-refractivity contribution in [2.45, 2.75) is 84.6 Å². The van der Waals surface area contributed by atoms with Gasteiger partial charge in [-0.15, -0.1) is 11.3 Å². The number of carbonyl (C=O) groups is 2. The summed E-state index contributed by atoms with van der Waals surface area (Å²) in [7, 11) is 0. The van der Waals surface area contributed by atoms with Gasteiger partial charge in [-0.05, 0) is 72.9 Å². The number of aliphatic hydroxyl groups is 2. The van der Waals surface area contributed by atoms with Crippen LogP contribution in [0.2, 0.25) is 0 Å². The van der Waals surface area contributed by atoms with E-state index in [1.54, 1.807) is 11.1 Å². The zero-order valence-electron chi connectivity index (χ0n) is 21.6. The number of hydrogen-bond donors (Lipinski definition) is 4.